The summed E-state index contributed by atoms with van der Waals surface area (Å²) in [7, 11) is 1.59. The molecule has 0 unspecified atom stereocenters. The number of hydrogen-bond acceptors (Lipinski definition) is 1. The van der Waals surface area contributed by atoms with Crippen LogP contribution >= 0.6 is 31.9 Å². The molecule has 0 saturated carbocycles. The van der Waals surface area contributed by atoms with Gasteiger partial charge < -0.3 is 22.3 Å². The number of hydrogen-bond donors (Lipinski definition) is 0. The fourth-order valence-corrected chi connectivity index (χ4v) is 4.54. The van der Waals surface area contributed by atoms with Crippen LogP contribution in [0, 0.1) is 6.92 Å². The molecule has 1 aromatic carbocycles. The summed E-state index contributed by atoms with van der Waals surface area (Å²) in [6.07, 6.45) is 3.37. The molecule has 0 saturated heterocycles. The molecular weight excluding hydrogens is 457 g/mol. The third-order valence-corrected chi connectivity index (χ3v) is 5.88. The number of methoxy groups -OCH3 is 1. The van der Waals surface area contributed by atoms with Gasteiger partial charge in [0.2, 0.25) is 4.62 Å². The van der Waals surface area contributed by atoms with Crippen LogP contribution < -0.4 is 4.74 Å². The number of fused-ring (bicyclic) bond motifs is 2. The molecule has 0 atom stereocenters. The largest absolute Gasteiger partial charge is 0.738 e. The molecule has 0 aliphatic carbocycles. The van der Waals surface area contributed by atoms with Crippen LogP contribution in [0.4, 0.5) is 8.63 Å². The molecule has 2 aliphatic rings. The van der Waals surface area contributed by atoms with E-state index in [2.05, 4.69) is 31.9 Å². The standard InChI is InChI=1S/C17H13BBr2F2N2O/c1-10-3-4-11(25-2)9-12(10)17-13-5-7-15(19)23(13)18(21,22)24-14(17)6-8-16(24)20/h3-9H,1-2H3. The third kappa shape index (κ3) is 2.30. The first-order chi connectivity index (χ1) is 11.9. The van der Waals surface area contributed by atoms with E-state index in [1.165, 1.54) is 0 Å². The Hall–Kier alpha value is -1.67. The van der Waals surface area contributed by atoms with Gasteiger partial charge in [0.15, 0.2) is 5.70 Å². The first kappa shape index (κ1) is 16.8. The van der Waals surface area contributed by atoms with E-state index in [1.54, 1.807) is 31.4 Å². The molecule has 2 aromatic rings. The van der Waals surface area contributed by atoms with E-state index in [4.69, 9.17) is 4.74 Å². The Kier molecular flexibility index (Phi) is 3.81. The topological polar surface area (TPSA) is 17.2 Å². The second-order valence-corrected chi connectivity index (χ2v) is 7.59. The van der Waals surface area contributed by atoms with Gasteiger partial charge in [-0.1, -0.05) is 6.07 Å². The lowest BCUT2D eigenvalue weighted by molar-refractivity contribution is -0.358. The first-order valence-electron chi connectivity index (χ1n) is 7.65. The summed E-state index contributed by atoms with van der Waals surface area (Å²) >= 11 is 6.54. The number of rotatable bonds is 2. The van der Waals surface area contributed by atoms with Gasteiger partial charge in [0.25, 0.3) is 0 Å². The Balaban J connectivity index is 2.11. The average molecular weight is 470 g/mol. The van der Waals surface area contributed by atoms with Crippen molar-refractivity contribution in [1.29, 1.82) is 0 Å². The first-order valence-corrected chi connectivity index (χ1v) is 9.23. The van der Waals surface area contributed by atoms with Gasteiger partial charge in [-0.05, 0) is 58.2 Å². The second-order valence-electron chi connectivity index (χ2n) is 5.97. The van der Waals surface area contributed by atoms with Gasteiger partial charge in [-0.15, -0.1) is 0 Å². The Morgan fingerprint density at radius 2 is 1.88 bits per heavy atom. The van der Waals surface area contributed by atoms with Crippen LogP contribution in [0.25, 0.3) is 5.57 Å². The lowest BCUT2D eigenvalue weighted by Gasteiger charge is -2.32. The van der Waals surface area contributed by atoms with Crippen LogP contribution in [0.1, 0.15) is 16.8 Å². The zero-order valence-corrected chi connectivity index (χ0v) is 16.6. The summed E-state index contributed by atoms with van der Waals surface area (Å²) in [4.78, 5) is 0. The molecule has 25 heavy (non-hydrogen) atoms. The van der Waals surface area contributed by atoms with E-state index < -0.39 is 6.97 Å². The van der Waals surface area contributed by atoms with Gasteiger partial charge in [-0.3, -0.25) is 0 Å². The zero-order chi connectivity index (χ0) is 17.9. The van der Waals surface area contributed by atoms with Crippen LogP contribution in [0.2, 0.25) is 0 Å². The quantitative estimate of drug-likeness (QED) is 0.569. The molecule has 0 spiro atoms. The molecule has 0 fully saturated rings. The highest BCUT2D eigenvalue weighted by Crippen LogP contribution is 2.43. The van der Waals surface area contributed by atoms with Crippen LogP contribution in [0.15, 0.2) is 52.8 Å². The van der Waals surface area contributed by atoms with Gasteiger partial charge in [-0.2, -0.15) is 0 Å². The summed E-state index contributed by atoms with van der Waals surface area (Å²) in [5.41, 5.74) is 3.56. The van der Waals surface area contributed by atoms with E-state index in [0.29, 0.717) is 26.4 Å². The Morgan fingerprint density at radius 1 is 1.12 bits per heavy atom. The minimum absolute atomic E-state index is 0.344. The van der Waals surface area contributed by atoms with Crippen molar-refractivity contribution >= 4 is 49.0 Å². The normalized spacial score (nSPS) is 17.8. The van der Waals surface area contributed by atoms with Crippen molar-refractivity contribution in [2.24, 2.45) is 0 Å². The van der Waals surface area contributed by atoms with Gasteiger partial charge in [0.1, 0.15) is 5.75 Å². The van der Waals surface area contributed by atoms with E-state index in [1.807, 2.05) is 25.1 Å². The molecule has 128 valence electrons. The van der Waals surface area contributed by atoms with Crippen molar-refractivity contribution in [1.82, 2.24) is 4.48 Å². The van der Waals surface area contributed by atoms with Crippen molar-refractivity contribution in [3.05, 3.63) is 69.6 Å². The number of allylic oxidation sites excluding steroid dienone is 2. The number of aromatic nitrogens is 1. The summed E-state index contributed by atoms with van der Waals surface area (Å²) in [6, 6.07) is 9.06. The van der Waals surface area contributed by atoms with Crippen molar-refractivity contribution in [2.45, 2.75) is 6.92 Å². The van der Waals surface area contributed by atoms with Gasteiger partial charge in [-0.25, -0.2) is 0 Å². The smallest absolute Gasteiger partial charge is 0.497 e. The minimum atomic E-state index is -4.00. The Morgan fingerprint density at radius 3 is 2.60 bits per heavy atom. The molecule has 8 heteroatoms. The summed E-state index contributed by atoms with van der Waals surface area (Å²) in [6.45, 7) is -2.04. The lowest BCUT2D eigenvalue weighted by Crippen LogP contribution is -2.50. The highest BCUT2D eigenvalue weighted by molar-refractivity contribution is 9.18. The molecule has 0 amide bonds. The molecule has 2 aliphatic heterocycles. The summed E-state index contributed by atoms with van der Waals surface area (Å²) < 4.78 is 38.6. The van der Waals surface area contributed by atoms with E-state index in [0.717, 1.165) is 25.7 Å². The predicted octanol–water partition coefficient (Wildman–Crippen LogP) is 4.94. The maximum Gasteiger partial charge on any atom is 0.738 e. The highest BCUT2D eigenvalue weighted by Gasteiger charge is 2.54. The van der Waals surface area contributed by atoms with Crippen molar-refractivity contribution in [3.8, 4) is 5.75 Å². The van der Waals surface area contributed by atoms with Gasteiger partial charge >= 0.3 is 6.97 Å². The lowest BCUT2D eigenvalue weighted by atomic mass is 9.85. The predicted molar refractivity (Wildman–Crippen MR) is 103 cm³/mol. The van der Waals surface area contributed by atoms with Crippen LogP contribution in [-0.4, -0.2) is 27.7 Å². The van der Waals surface area contributed by atoms with Gasteiger partial charge in [0.05, 0.1) is 17.3 Å². The SMILES string of the molecule is COc1ccc(C)c(C2=C3C=CC(Br)=[N+]3[B-](F)(F)n3c(Br)ccc32)c1. The average Bonchev–Trinajstić information content (AvgIpc) is 3.14. The van der Waals surface area contributed by atoms with Crippen LogP contribution in [0.5, 0.6) is 5.75 Å². The Bertz CT molecular complexity index is 1010. The molecule has 0 N–H and O–H groups in total. The molecular formula is C17H13BBr2F2N2O. The fraction of sp³-hybridized carbons (Fsp3) is 0.118. The molecule has 4 rings (SSSR count). The number of aryl methyl sites for hydroxylation is 1. The van der Waals surface area contributed by atoms with Gasteiger partial charge in [0, 0.05) is 33.8 Å². The number of halogens is 4. The maximum absolute atomic E-state index is 15.2. The van der Waals surface area contributed by atoms with E-state index in [9.17, 15) is 0 Å². The minimum Gasteiger partial charge on any atom is -0.497 e. The second kappa shape index (κ2) is 5.67. The monoisotopic (exact) mass is 468 g/mol. The molecule has 1 aromatic heterocycles. The highest BCUT2D eigenvalue weighted by atomic mass is 79.9. The number of benzene rings is 1. The van der Waals surface area contributed by atoms with Crippen molar-refractivity contribution in [3.63, 3.8) is 0 Å². The van der Waals surface area contributed by atoms with Crippen LogP contribution in [-0.2, 0) is 0 Å². The summed E-state index contributed by atoms with van der Waals surface area (Å²) in [5.74, 6) is 0.685. The fourth-order valence-electron chi connectivity index (χ4n) is 3.41. The van der Waals surface area contributed by atoms with E-state index >= 15 is 8.63 Å². The van der Waals surface area contributed by atoms with Crippen molar-refractivity contribution in [2.75, 3.05) is 7.11 Å². The summed E-state index contributed by atoms with van der Waals surface area (Å²) in [5, 5.41) is 0. The Labute approximate surface area is 160 Å². The molecule has 0 bridgehead atoms. The number of ether oxygens (including phenoxy) is 1. The van der Waals surface area contributed by atoms with Crippen LogP contribution in [0.3, 0.4) is 0 Å². The molecule has 3 heterocycles. The van der Waals surface area contributed by atoms with E-state index in [-0.39, 0.29) is 0 Å². The molecule has 3 nitrogen and oxygen atoms in total. The maximum atomic E-state index is 15.2. The zero-order valence-electron chi connectivity index (χ0n) is 13.4. The number of nitrogens with zero attached hydrogens (tertiary/aromatic N) is 2. The molecule has 0 radical (unpaired) electrons. The van der Waals surface area contributed by atoms with Crippen molar-refractivity contribution < 1.29 is 17.9 Å². The third-order valence-electron chi connectivity index (χ3n) is 4.58.